The molecule has 0 bridgehead atoms. The maximum absolute atomic E-state index is 3.57. The van der Waals surface area contributed by atoms with E-state index in [2.05, 4.69) is 76.1 Å². The van der Waals surface area contributed by atoms with Gasteiger partial charge in [0.1, 0.15) is 0 Å². The molecule has 0 heterocycles. The Morgan fingerprint density at radius 3 is 2.21 bits per heavy atom. The van der Waals surface area contributed by atoms with Gasteiger partial charge in [0.15, 0.2) is 0 Å². The zero-order valence-electron chi connectivity index (χ0n) is 13.5. The summed E-state index contributed by atoms with van der Waals surface area (Å²) in [5.41, 5.74) is 2.91. The topological polar surface area (TPSA) is 15.3 Å². The molecule has 0 aliphatic heterocycles. The van der Waals surface area contributed by atoms with Crippen LogP contribution < -0.4 is 10.2 Å². The number of anilines is 1. The first kappa shape index (κ1) is 16.0. The second-order valence-electron chi connectivity index (χ2n) is 6.64. The quantitative estimate of drug-likeness (QED) is 0.841. The van der Waals surface area contributed by atoms with Crippen molar-refractivity contribution >= 4 is 5.69 Å². The molecule has 0 saturated heterocycles. The van der Waals surface area contributed by atoms with Crippen LogP contribution in [-0.2, 0) is 6.42 Å². The molecular formula is C17H30N2. The minimum Gasteiger partial charge on any atom is -0.374 e. The summed E-state index contributed by atoms with van der Waals surface area (Å²) in [6, 6.07) is 8.90. The molecule has 0 aromatic heterocycles. The Morgan fingerprint density at radius 1 is 1.16 bits per heavy atom. The number of aryl methyl sites for hydroxylation is 1. The number of hydrogen-bond donors (Lipinski definition) is 1. The molecule has 0 fully saturated rings. The monoisotopic (exact) mass is 262 g/mol. The van der Waals surface area contributed by atoms with E-state index in [1.807, 2.05) is 0 Å². The van der Waals surface area contributed by atoms with Gasteiger partial charge in [-0.15, -0.1) is 0 Å². The Kier molecular flexibility index (Phi) is 5.86. The van der Waals surface area contributed by atoms with Crippen molar-refractivity contribution in [1.29, 1.82) is 0 Å². The van der Waals surface area contributed by atoms with Gasteiger partial charge in [-0.2, -0.15) is 0 Å². The average Bonchev–Trinajstić information content (AvgIpc) is 2.35. The SMILES string of the molecule is CCc1ccc(N(C)CC(C)CNC(C)(C)C)cc1. The highest BCUT2D eigenvalue weighted by Crippen LogP contribution is 2.15. The number of benzene rings is 1. The van der Waals surface area contributed by atoms with Crippen LogP contribution in [0, 0.1) is 5.92 Å². The van der Waals surface area contributed by atoms with Crippen LogP contribution in [0.2, 0.25) is 0 Å². The van der Waals surface area contributed by atoms with E-state index in [4.69, 9.17) is 0 Å². The molecule has 108 valence electrons. The summed E-state index contributed by atoms with van der Waals surface area (Å²) in [7, 11) is 2.18. The number of hydrogen-bond acceptors (Lipinski definition) is 2. The van der Waals surface area contributed by atoms with Crippen LogP contribution in [0.5, 0.6) is 0 Å². The summed E-state index contributed by atoms with van der Waals surface area (Å²) >= 11 is 0. The van der Waals surface area contributed by atoms with Gasteiger partial charge in [-0.05, 0) is 57.4 Å². The molecule has 2 nitrogen and oxygen atoms in total. The van der Waals surface area contributed by atoms with Crippen LogP contribution >= 0.6 is 0 Å². The molecule has 0 spiro atoms. The molecule has 1 aromatic rings. The van der Waals surface area contributed by atoms with E-state index >= 15 is 0 Å². The minimum absolute atomic E-state index is 0.204. The Bertz CT molecular complexity index is 362. The van der Waals surface area contributed by atoms with Gasteiger partial charge in [-0.3, -0.25) is 0 Å². The van der Waals surface area contributed by atoms with Crippen molar-refractivity contribution < 1.29 is 0 Å². The molecule has 1 aromatic carbocycles. The molecule has 1 atom stereocenters. The van der Waals surface area contributed by atoms with E-state index in [0.29, 0.717) is 5.92 Å². The lowest BCUT2D eigenvalue weighted by molar-refractivity contribution is 0.384. The molecule has 1 unspecified atom stereocenters. The van der Waals surface area contributed by atoms with Gasteiger partial charge >= 0.3 is 0 Å². The summed E-state index contributed by atoms with van der Waals surface area (Å²) < 4.78 is 0. The highest BCUT2D eigenvalue weighted by atomic mass is 15.1. The van der Waals surface area contributed by atoms with Gasteiger partial charge in [0.05, 0.1) is 0 Å². The first-order valence-corrected chi connectivity index (χ1v) is 7.37. The number of nitrogens with one attached hydrogen (secondary N) is 1. The van der Waals surface area contributed by atoms with Gasteiger partial charge in [-0.25, -0.2) is 0 Å². The lowest BCUT2D eigenvalue weighted by Gasteiger charge is -2.27. The van der Waals surface area contributed by atoms with Crippen molar-refractivity contribution in [3.8, 4) is 0 Å². The largest absolute Gasteiger partial charge is 0.374 e. The summed E-state index contributed by atoms with van der Waals surface area (Å²) in [6.45, 7) is 13.3. The highest BCUT2D eigenvalue weighted by Gasteiger charge is 2.12. The molecule has 2 heteroatoms. The van der Waals surface area contributed by atoms with Crippen molar-refractivity contribution in [2.45, 2.75) is 46.6 Å². The zero-order valence-corrected chi connectivity index (χ0v) is 13.5. The third-order valence-corrected chi connectivity index (χ3v) is 3.35. The maximum Gasteiger partial charge on any atom is 0.0363 e. The Hall–Kier alpha value is -1.02. The molecule has 19 heavy (non-hydrogen) atoms. The van der Waals surface area contributed by atoms with Crippen molar-refractivity contribution in [3.63, 3.8) is 0 Å². The van der Waals surface area contributed by atoms with Gasteiger partial charge in [0, 0.05) is 24.8 Å². The smallest absolute Gasteiger partial charge is 0.0363 e. The van der Waals surface area contributed by atoms with Crippen molar-refractivity contribution in [1.82, 2.24) is 5.32 Å². The van der Waals surface area contributed by atoms with Crippen molar-refractivity contribution in [3.05, 3.63) is 29.8 Å². The van der Waals surface area contributed by atoms with E-state index < -0.39 is 0 Å². The lowest BCUT2D eigenvalue weighted by atomic mass is 10.1. The van der Waals surface area contributed by atoms with Crippen molar-refractivity contribution in [2.75, 3.05) is 25.0 Å². The van der Waals surface area contributed by atoms with Gasteiger partial charge in [-0.1, -0.05) is 26.0 Å². The first-order valence-electron chi connectivity index (χ1n) is 7.37. The van der Waals surface area contributed by atoms with E-state index in [0.717, 1.165) is 19.5 Å². The molecule has 0 aliphatic carbocycles. The maximum atomic E-state index is 3.57. The summed E-state index contributed by atoms with van der Waals surface area (Å²) in [6.07, 6.45) is 1.11. The van der Waals surface area contributed by atoms with Gasteiger partial charge in [0.2, 0.25) is 0 Å². The molecule has 1 rings (SSSR count). The molecular weight excluding hydrogens is 232 g/mol. The van der Waals surface area contributed by atoms with Crippen LogP contribution in [0.1, 0.15) is 40.2 Å². The van der Waals surface area contributed by atoms with E-state index in [1.54, 1.807) is 0 Å². The summed E-state index contributed by atoms with van der Waals surface area (Å²) in [5, 5.41) is 3.57. The second kappa shape index (κ2) is 6.95. The van der Waals surface area contributed by atoms with Crippen LogP contribution in [-0.4, -0.2) is 25.7 Å². The predicted molar refractivity (Wildman–Crippen MR) is 86.0 cm³/mol. The zero-order chi connectivity index (χ0) is 14.5. The molecule has 0 radical (unpaired) electrons. The third kappa shape index (κ3) is 6.11. The first-order chi connectivity index (χ1) is 8.81. The Morgan fingerprint density at radius 2 is 1.74 bits per heavy atom. The van der Waals surface area contributed by atoms with Gasteiger partial charge < -0.3 is 10.2 Å². The van der Waals surface area contributed by atoms with Crippen LogP contribution in [0.15, 0.2) is 24.3 Å². The van der Waals surface area contributed by atoms with Crippen LogP contribution in [0.4, 0.5) is 5.69 Å². The van der Waals surface area contributed by atoms with Gasteiger partial charge in [0.25, 0.3) is 0 Å². The Balaban J connectivity index is 2.46. The normalized spacial score (nSPS) is 13.4. The molecule has 0 amide bonds. The van der Waals surface area contributed by atoms with Crippen molar-refractivity contribution in [2.24, 2.45) is 5.92 Å². The van der Waals surface area contributed by atoms with Crippen LogP contribution in [0.3, 0.4) is 0 Å². The average molecular weight is 262 g/mol. The van der Waals surface area contributed by atoms with Crippen LogP contribution in [0.25, 0.3) is 0 Å². The standard InChI is InChI=1S/C17H30N2/c1-7-15-8-10-16(11-9-15)19(6)13-14(2)12-18-17(3,4)5/h8-11,14,18H,7,12-13H2,1-6H3. The Labute approximate surface area is 119 Å². The molecule has 1 N–H and O–H groups in total. The predicted octanol–water partition coefficient (Wildman–Crippen LogP) is 3.71. The fourth-order valence-corrected chi connectivity index (χ4v) is 2.10. The lowest BCUT2D eigenvalue weighted by Crippen LogP contribution is -2.41. The fourth-order valence-electron chi connectivity index (χ4n) is 2.10. The summed E-state index contributed by atoms with van der Waals surface area (Å²) in [5.74, 6) is 0.634. The summed E-state index contributed by atoms with van der Waals surface area (Å²) in [4.78, 5) is 2.34. The third-order valence-electron chi connectivity index (χ3n) is 3.35. The second-order valence-corrected chi connectivity index (χ2v) is 6.64. The minimum atomic E-state index is 0.204. The van der Waals surface area contributed by atoms with E-state index in [1.165, 1.54) is 11.3 Å². The number of rotatable bonds is 6. The van der Waals surface area contributed by atoms with E-state index in [9.17, 15) is 0 Å². The highest BCUT2D eigenvalue weighted by molar-refractivity contribution is 5.46. The molecule has 0 saturated carbocycles. The fraction of sp³-hybridized carbons (Fsp3) is 0.647. The molecule has 0 aliphatic rings. The van der Waals surface area contributed by atoms with E-state index in [-0.39, 0.29) is 5.54 Å². The number of nitrogens with zero attached hydrogens (tertiary/aromatic N) is 1.